The van der Waals surface area contributed by atoms with E-state index in [-0.39, 0.29) is 34.4 Å². The third-order valence-electron chi connectivity index (χ3n) is 5.98. The standard InChI is InChI=1S/C25H26F3N3O3/c1-12-13(2)30-21-16(22(29)32)9-17(26)19(18(12)21)15-8-6-7-14-10-31(11-25(27,28)20(14)15)23(33)34-24(3,4)5/h6-9,30H,10-11H2,1-5H3,(H2,29,32). The number of carbonyl (C=O) groups is 2. The maximum atomic E-state index is 15.6. The number of nitrogens with one attached hydrogen (secondary N) is 1. The van der Waals surface area contributed by atoms with Crippen molar-refractivity contribution in [1.82, 2.24) is 9.88 Å². The number of hydrogen-bond donors (Lipinski definition) is 2. The van der Waals surface area contributed by atoms with E-state index in [4.69, 9.17) is 10.5 Å². The lowest BCUT2D eigenvalue weighted by atomic mass is 9.86. The van der Waals surface area contributed by atoms with E-state index < -0.39 is 35.9 Å². The average Bonchev–Trinajstić information content (AvgIpc) is 2.99. The van der Waals surface area contributed by atoms with Crippen LogP contribution in [-0.2, 0) is 17.2 Å². The summed E-state index contributed by atoms with van der Waals surface area (Å²) in [5.41, 5.74) is 5.95. The second-order valence-electron chi connectivity index (χ2n) is 9.65. The van der Waals surface area contributed by atoms with Gasteiger partial charge in [0.25, 0.3) is 11.8 Å². The Balaban J connectivity index is 1.94. The van der Waals surface area contributed by atoms with Gasteiger partial charge in [0.05, 0.1) is 17.6 Å². The lowest BCUT2D eigenvalue weighted by Crippen LogP contribution is -2.46. The molecule has 34 heavy (non-hydrogen) atoms. The Hall–Kier alpha value is -3.49. The molecule has 9 heteroatoms. The topological polar surface area (TPSA) is 88.4 Å². The molecule has 1 aromatic heterocycles. The van der Waals surface area contributed by atoms with E-state index in [0.29, 0.717) is 22.2 Å². The molecule has 6 nitrogen and oxygen atoms in total. The number of amides is 2. The Bertz CT molecular complexity index is 1340. The zero-order valence-electron chi connectivity index (χ0n) is 19.6. The molecule has 0 saturated heterocycles. The fraction of sp³-hybridized carbons (Fsp3) is 0.360. The van der Waals surface area contributed by atoms with Crippen LogP contribution in [0.4, 0.5) is 18.0 Å². The number of rotatable bonds is 2. The first-order valence-corrected chi connectivity index (χ1v) is 10.8. The molecule has 0 spiro atoms. The summed E-state index contributed by atoms with van der Waals surface area (Å²) < 4.78 is 51.9. The van der Waals surface area contributed by atoms with Gasteiger partial charge in [-0.15, -0.1) is 0 Å². The van der Waals surface area contributed by atoms with Gasteiger partial charge in [-0.25, -0.2) is 9.18 Å². The summed E-state index contributed by atoms with van der Waals surface area (Å²) in [6.45, 7) is 7.43. The van der Waals surface area contributed by atoms with E-state index in [0.717, 1.165) is 11.0 Å². The number of carbonyl (C=O) groups excluding carboxylic acids is 2. The van der Waals surface area contributed by atoms with Crippen molar-refractivity contribution in [2.75, 3.05) is 6.54 Å². The molecule has 1 aliphatic heterocycles. The molecule has 0 saturated carbocycles. The van der Waals surface area contributed by atoms with Crippen molar-refractivity contribution in [2.45, 2.75) is 52.7 Å². The highest BCUT2D eigenvalue weighted by molar-refractivity contribution is 6.11. The van der Waals surface area contributed by atoms with E-state index in [9.17, 15) is 9.59 Å². The zero-order valence-corrected chi connectivity index (χ0v) is 19.6. The first-order chi connectivity index (χ1) is 15.7. The van der Waals surface area contributed by atoms with Crippen LogP contribution in [0.5, 0.6) is 0 Å². The molecule has 2 heterocycles. The van der Waals surface area contributed by atoms with Crippen LogP contribution >= 0.6 is 0 Å². The van der Waals surface area contributed by atoms with E-state index in [2.05, 4.69) is 4.98 Å². The quantitative estimate of drug-likeness (QED) is 0.513. The number of aromatic nitrogens is 1. The van der Waals surface area contributed by atoms with Gasteiger partial charge < -0.3 is 15.5 Å². The lowest BCUT2D eigenvalue weighted by Gasteiger charge is -2.36. The molecular formula is C25H26F3N3O3. The molecule has 2 aromatic carbocycles. The number of alkyl halides is 2. The minimum absolute atomic E-state index is 0.00644. The number of aromatic amines is 1. The molecule has 0 unspecified atom stereocenters. The Morgan fingerprint density at radius 2 is 1.88 bits per heavy atom. The van der Waals surface area contributed by atoms with Crippen LogP contribution in [0.3, 0.4) is 0 Å². The minimum atomic E-state index is -3.47. The molecule has 0 bridgehead atoms. The third-order valence-corrected chi connectivity index (χ3v) is 5.98. The van der Waals surface area contributed by atoms with Gasteiger partial charge in [-0.05, 0) is 57.4 Å². The number of benzene rings is 2. The highest BCUT2D eigenvalue weighted by atomic mass is 19.3. The number of aryl methyl sites for hydroxylation is 2. The molecule has 0 aliphatic carbocycles. The number of nitrogens with zero attached hydrogens (tertiary/aromatic N) is 1. The Labute approximate surface area is 194 Å². The van der Waals surface area contributed by atoms with E-state index in [1.165, 1.54) is 12.1 Å². The Morgan fingerprint density at radius 1 is 1.21 bits per heavy atom. The molecule has 2 amide bonds. The first-order valence-electron chi connectivity index (χ1n) is 10.8. The van der Waals surface area contributed by atoms with Crippen LogP contribution < -0.4 is 5.73 Å². The zero-order chi connectivity index (χ0) is 25.2. The second kappa shape index (κ2) is 7.78. The molecule has 0 fully saturated rings. The van der Waals surface area contributed by atoms with Crippen LogP contribution in [0, 0.1) is 19.7 Å². The number of halogens is 3. The minimum Gasteiger partial charge on any atom is -0.444 e. The summed E-state index contributed by atoms with van der Waals surface area (Å²) in [5, 5.41) is 0.324. The molecule has 0 atom stereocenters. The van der Waals surface area contributed by atoms with Crippen LogP contribution in [0.15, 0.2) is 24.3 Å². The van der Waals surface area contributed by atoms with Gasteiger partial charge in [0.2, 0.25) is 0 Å². The predicted molar refractivity (Wildman–Crippen MR) is 122 cm³/mol. The molecule has 3 aromatic rings. The van der Waals surface area contributed by atoms with Crippen molar-refractivity contribution in [2.24, 2.45) is 5.73 Å². The highest BCUT2D eigenvalue weighted by Crippen LogP contribution is 2.46. The molecule has 0 radical (unpaired) electrons. The molecular weight excluding hydrogens is 447 g/mol. The van der Waals surface area contributed by atoms with Gasteiger partial charge in [-0.2, -0.15) is 8.78 Å². The van der Waals surface area contributed by atoms with Crippen molar-refractivity contribution in [3.63, 3.8) is 0 Å². The smallest absolute Gasteiger partial charge is 0.410 e. The Morgan fingerprint density at radius 3 is 2.50 bits per heavy atom. The van der Waals surface area contributed by atoms with Gasteiger partial charge in [0.1, 0.15) is 11.4 Å². The number of ether oxygens (including phenoxy) is 1. The fourth-order valence-corrected chi connectivity index (χ4v) is 4.49. The van der Waals surface area contributed by atoms with E-state index >= 15 is 13.2 Å². The van der Waals surface area contributed by atoms with E-state index in [1.807, 2.05) is 0 Å². The summed E-state index contributed by atoms with van der Waals surface area (Å²) in [6.07, 6.45) is -0.847. The maximum absolute atomic E-state index is 15.6. The molecule has 4 rings (SSSR count). The van der Waals surface area contributed by atoms with Crippen molar-refractivity contribution >= 4 is 22.9 Å². The van der Waals surface area contributed by atoms with Gasteiger partial charge in [0.15, 0.2) is 0 Å². The van der Waals surface area contributed by atoms with Crippen LogP contribution in [-0.4, -0.2) is 34.0 Å². The lowest BCUT2D eigenvalue weighted by molar-refractivity contribution is -0.0587. The van der Waals surface area contributed by atoms with E-state index in [1.54, 1.807) is 40.7 Å². The second-order valence-corrected chi connectivity index (χ2v) is 9.65. The molecule has 1 aliphatic rings. The fourth-order valence-electron chi connectivity index (χ4n) is 4.49. The average molecular weight is 473 g/mol. The molecule has 180 valence electrons. The normalized spacial score (nSPS) is 15.4. The monoisotopic (exact) mass is 473 g/mol. The van der Waals surface area contributed by atoms with Crippen molar-refractivity contribution < 1.29 is 27.5 Å². The van der Waals surface area contributed by atoms with Crippen LogP contribution in [0.25, 0.3) is 22.0 Å². The summed E-state index contributed by atoms with van der Waals surface area (Å²) in [6, 6.07) is 5.44. The first kappa shape index (κ1) is 23.7. The highest BCUT2D eigenvalue weighted by Gasteiger charge is 2.45. The summed E-state index contributed by atoms with van der Waals surface area (Å²) in [5.74, 6) is -5.13. The van der Waals surface area contributed by atoms with Crippen LogP contribution in [0.2, 0.25) is 0 Å². The summed E-state index contributed by atoms with van der Waals surface area (Å²) >= 11 is 0. The summed E-state index contributed by atoms with van der Waals surface area (Å²) in [4.78, 5) is 28.4. The predicted octanol–water partition coefficient (Wildman–Crippen LogP) is 5.53. The van der Waals surface area contributed by atoms with Crippen molar-refractivity contribution in [1.29, 1.82) is 0 Å². The largest absolute Gasteiger partial charge is 0.444 e. The third kappa shape index (κ3) is 3.89. The Kier molecular flexibility index (Phi) is 5.42. The summed E-state index contributed by atoms with van der Waals surface area (Å²) in [7, 11) is 0. The number of fused-ring (bicyclic) bond motifs is 2. The van der Waals surface area contributed by atoms with Gasteiger partial charge in [-0.3, -0.25) is 9.69 Å². The van der Waals surface area contributed by atoms with Gasteiger partial charge >= 0.3 is 6.09 Å². The number of hydrogen-bond acceptors (Lipinski definition) is 3. The number of primary amides is 1. The number of H-pyrrole nitrogens is 1. The maximum Gasteiger partial charge on any atom is 0.410 e. The molecule has 3 N–H and O–H groups in total. The SMILES string of the molecule is Cc1[nH]c2c(C(N)=O)cc(F)c(-c3cccc4c3C(F)(F)CN(C(=O)OC(C)(C)C)C4)c2c1C. The van der Waals surface area contributed by atoms with Gasteiger partial charge in [0, 0.05) is 28.8 Å². The van der Waals surface area contributed by atoms with Crippen molar-refractivity contribution in [3.8, 4) is 11.1 Å². The number of nitrogens with two attached hydrogens (primary N) is 1. The van der Waals surface area contributed by atoms with Crippen LogP contribution in [0.1, 0.15) is 53.5 Å². The van der Waals surface area contributed by atoms with Crippen molar-refractivity contribution in [3.05, 3.63) is 58.0 Å². The van der Waals surface area contributed by atoms with Gasteiger partial charge in [-0.1, -0.05) is 18.2 Å².